The predicted molar refractivity (Wildman–Crippen MR) is 75.7 cm³/mol. The molecule has 0 aliphatic rings. The van der Waals surface area contributed by atoms with Gasteiger partial charge in [0.05, 0.1) is 4.88 Å². The summed E-state index contributed by atoms with van der Waals surface area (Å²) in [4.78, 5) is 31.5. The number of aromatic nitrogens is 2. The fraction of sp³-hybridized carbons (Fsp3) is 0.0769. The molecule has 1 amide bonds. The maximum atomic E-state index is 12.0. The van der Waals surface area contributed by atoms with Crippen molar-refractivity contribution in [3.8, 4) is 0 Å². The first-order valence-corrected chi connectivity index (χ1v) is 6.47. The largest absolute Gasteiger partial charge is 0.478 e. The van der Waals surface area contributed by atoms with E-state index in [1.165, 1.54) is 29.8 Å². The van der Waals surface area contributed by atoms with Gasteiger partial charge in [0.1, 0.15) is 0 Å². The van der Waals surface area contributed by atoms with E-state index in [4.69, 9.17) is 5.11 Å². The number of nitrogens with zero attached hydrogens (tertiary/aromatic N) is 2. The number of hydrogen-bond acceptors (Lipinski definition) is 5. The molecule has 2 N–H and O–H groups in total. The maximum absolute atomic E-state index is 12.0. The molecule has 2 aromatic heterocycles. The van der Waals surface area contributed by atoms with Crippen molar-refractivity contribution in [2.24, 2.45) is 0 Å². The number of rotatable bonds is 4. The first-order chi connectivity index (χ1) is 9.56. The van der Waals surface area contributed by atoms with Crippen LogP contribution in [0, 0.1) is 6.92 Å². The molecule has 102 valence electrons. The van der Waals surface area contributed by atoms with E-state index in [0.717, 1.165) is 16.5 Å². The van der Waals surface area contributed by atoms with Gasteiger partial charge in [-0.2, -0.15) is 0 Å². The molecular weight excluding hydrogens is 278 g/mol. The summed E-state index contributed by atoms with van der Waals surface area (Å²) in [6.07, 6.45) is 5.57. The summed E-state index contributed by atoms with van der Waals surface area (Å²) in [7, 11) is 0. The van der Waals surface area contributed by atoms with E-state index in [9.17, 15) is 9.59 Å². The van der Waals surface area contributed by atoms with E-state index in [1.807, 2.05) is 6.92 Å². The predicted octanol–water partition coefficient (Wildman–Crippen LogP) is 2.20. The second-order valence-electron chi connectivity index (χ2n) is 3.86. The van der Waals surface area contributed by atoms with Crippen LogP contribution in [0.15, 0.2) is 30.6 Å². The van der Waals surface area contributed by atoms with Crippen molar-refractivity contribution in [1.29, 1.82) is 0 Å². The van der Waals surface area contributed by atoms with Crippen LogP contribution in [0.5, 0.6) is 0 Å². The van der Waals surface area contributed by atoms with Gasteiger partial charge in [-0.25, -0.2) is 14.8 Å². The lowest BCUT2D eigenvalue weighted by atomic mass is 10.2. The summed E-state index contributed by atoms with van der Waals surface area (Å²) in [5, 5.41) is 11.2. The Kier molecular flexibility index (Phi) is 4.21. The average Bonchev–Trinajstić information content (AvgIpc) is 2.79. The molecule has 0 radical (unpaired) electrons. The monoisotopic (exact) mass is 289 g/mol. The van der Waals surface area contributed by atoms with Gasteiger partial charge in [-0.1, -0.05) is 0 Å². The van der Waals surface area contributed by atoms with Gasteiger partial charge < -0.3 is 5.11 Å². The molecule has 0 fully saturated rings. The highest BCUT2D eigenvalue weighted by molar-refractivity contribution is 7.15. The molecule has 7 heteroatoms. The van der Waals surface area contributed by atoms with Crippen molar-refractivity contribution in [1.82, 2.24) is 9.97 Å². The SMILES string of the molecule is Cc1cc(C(=O)Nc2ncccn2)sc1/C=C/C(=O)O. The summed E-state index contributed by atoms with van der Waals surface area (Å²) < 4.78 is 0. The molecule has 0 aliphatic carbocycles. The summed E-state index contributed by atoms with van der Waals surface area (Å²) in [6, 6.07) is 3.35. The number of thiophene rings is 1. The molecule has 2 aromatic rings. The number of carboxylic acid groups (broad SMARTS) is 1. The zero-order chi connectivity index (χ0) is 14.5. The maximum Gasteiger partial charge on any atom is 0.328 e. The van der Waals surface area contributed by atoms with Crippen LogP contribution in [0.3, 0.4) is 0 Å². The second-order valence-corrected chi connectivity index (χ2v) is 4.94. The van der Waals surface area contributed by atoms with Gasteiger partial charge in [0.2, 0.25) is 5.95 Å². The van der Waals surface area contributed by atoms with Crippen molar-refractivity contribution >= 4 is 35.2 Å². The first-order valence-electron chi connectivity index (χ1n) is 5.66. The van der Waals surface area contributed by atoms with Gasteiger partial charge in [-0.05, 0) is 30.7 Å². The van der Waals surface area contributed by atoms with Crippen LogP contribution in [-0.4, -0.2) is 27.0 Å². The number of carboxylic acids is 1. The Labute approximate surface area is 118 Å². The molecule has 0 atom stereocenters. The van der Waals surface area contributed by atoms with Gasteiger partial charge in [0, 0.05) is 23.3 Å². The minimum atomic E-state index is -1.03. The molecule has 0 saturated carbocycles. The van der Waals surface area contributed by atoms with E-state index in [2.05, 4.69) is 15.3 Å². The van der Waals surface area contributed by atoms with Gasteiger partial charge in [0.25, 0.3) is 5.91 Å². The van der Waals surface area contributed by atoms with Crippen LogP contribution >= 0.6 is 11.3 Å². The van der Waals surface area contributed by atoms with Crippen molar-refractivity contribution in [3.63, 3.8) is 0 Å². The van der Waals surface area contributed by atoms with E-state index in [0.29, 0.717) is 4.88 Å². The summed E-state index contributed by atoms with van der Waals surface area (Å²) >= 11 is 1.21. The van der Waals surface area contributed by atoms with E-state index >= 15 is 0 Å². The molecule has 0 aliphatic heterocycles. The standard InChI is InChI=1S/C13H11N3O3S/c1-8-7-10(20-9(8)3-4-11(17)18)12(19)16-13-14-5-2-6-15-13/h2-7H,1H3,(H,17,18)(H,14,15,16,19)/b4-3+. The van der Waals surface area contributed by atoms with E-state index in [1.54, 1.807) is 12.1 Å². The van der Waals surface area contributed by atoms with Gasteiger partial charge in [0.15, 0.2) is 0 Å². The molecule has 0 saturated heterocycles. The van der Waals surface area contributed by atoms with Crippen molar-refractivity contribution in [2.75, 3.05) is 5.32 Å². The number of aryl methyl sites for hydroxylation is 1. The molecular formula is C13H11N3O3S. The Bertz CT molecular complexity index is 665. The van der Waals surface area contributed by atoms with Gasteiger partial charge >= 0.3 is 5.97 Å². The Morgan fingerprint density at radius 3 is 2.70 bits per heavy atom. The minimum Gasteiger partial charge on any atom is -0.478 e. The van der Waals surface area contributed by atoms with Crippen LogP contribution in [0.4, 0.5) is 5.95 Å². The summed E-state index contributed by atoms with van der Waals surface area (Å²) in [5.41, 5.74) is 0.839. The number of nitrogens with one attached hydrogen (secondary N) is 1. The summed E-state index contributed by atoms with van der Waals surface area (Å²) in [6.45, 7) is 1.81. The van der Waals surface area contributed by atoms with Crippen LogP contribution in [-0.2, 0) is 4.79 Å². The lowest BCUT2D eigenvalue weighted by Crippen LogP contribution is -2.12. The third-order valence-corrected chi connectivity index (χ3v) is 3.55. The molecule has 2 rings (SSSR count). The third kappa shape index (κ3) is 3.48. The number of amides is 1. The lowest BCUT2D eigenvalue weighted by molar-refractivity contribution is -0.131. The van der Waals surface area contributed by atoms with E-state index < -0.39 is 5.97 Å². The van der Waals surface area contributed by atoms with Crippen LogP contribution in [0.1, 0.15) is 20.1 Å². The van der Waals surface area contributed by atoms with E-state index in [-0.39, 0.29) is 11.9 Å². The number of carbonyl (C=O) groups is 2. The lowest BCUT2D eigenvalue weighted by Gasteiger charge is -1.99. The van der Waals surface area contributed by atoms with Crippen LogP contribution in [0.2, 0.25) is 0 Å². The second kappa shape index (κ2) is 6.07. The molecule has 20 heavy (non-hydrogen) atoms. The highest BCUT2D eigenvalue weighted by Gasteiger charge is 2.12. The fourth-order valence-electron chi connectivity index (χ4n) is 1.45. The summed E-state index contributed by atoms with van der Waals surface area (Å²) in [5.74, 6) is -1.12. The molecule has 0 aromatic carbocycles. The van der Waals surface area contributed by atoms with Gasteiger partial charge in [-0.15, -0.1) is 11.3 Å². The highest BCUT2D eigenvalue weighted by Crippen LogP contribution is 2.23. The first kappa shape index (κ1) is 13.9. The fourth-order valence-corrected chi connectivity index (χ4v) is 2.42. The van der Waals surface area contributed by atoms with Crippen LogP contribution in [0.25, 0.3) is 6.08 Å². The van der Waals surface area contributed by atoms with Crippen LogP contribution < -0.4 is 5.32 Å². The number of aliphatic carboxylic acids is 1. The number of carbonyl (C=O) groups excluding carboxylic acids is 1. The van der Waals surface area contributed by atoms with Crippen molar-refractivity contribution in [2.45, 2.75) is 6.92 Å². The highest BCUT2D eigenvalue weighted by atomic mass is 32.1. The van der Waals surface area contributed by atoms with Gasteiger partial charge in [-0.3, -0.25) is 10.1 Å². The smallest absolute Gasteiger partial charge is 0.328 e. The molecule has 2 heterocycles. The molecule has 0 spiro atoms. The number of anilines is 1. The average molecular weight is 289 g/mol. The topological polar surface area (TPSA) is 92.2 Å². The van der Waals surface area contributed by atoms with Crippen molar-refractivity contribution < 1.29 is 14.7 Å². The quantitative estimate of drug-likeness (QED) is 0.842. The van der Waals surface area contributed by atoms with Crippen molar-refractivity contribution in [3.05, 3.63) is 45.9 Å². The Morgan fingerprint density at radius 2 is 2.05 bits per heavy atom. The number of hydrogen-bond donors (Lipinski definition) is 2. The zero-order valence-corrected chi connectivity index (χ0v) is 11.3. The third-order valence-electron chi connectivity index (χ3n) is 2.35. The molecule has 6 nitrogen and oxygen atoms in total. The zero-order valence-electron chi connectivity index (χ0n) is 10.5. The normalized spacial score (nSPS) is 10.7. The molecule has 0 bridgehead atoms. The Balaban J connectivity index is 2.15. The Hall–Kier alpha value is -2.54. The minimum absolute atomic E-state index is 0.228. The Morgan fingerprint density at radius 1 is 1.35 bits per heavy atom. The molecule has 0 unspecified atom stereocenters.